The number of nitrogens with one attached hydrogen (secondary N) is 1. The Kier molecular flexibility index (Phi) is 4.33. The molecular weight excluding hydrogens is 244 g/mol. The van der Waals surface area contributed by atoms with Gasteiger partial charge in [-0.1, -0.05) is 12.1 Å². The van der Waals surface area contributed by atoms with Gasteiger partial charge in [-0.05, 0) is 31.4 Å². The molecule has 0 radical (unpaired) electrons. The van der Waals surface area contributed by atoms with Crippen LogP contribution in [0.3, 0.4) is 0 Å². The van der Waals surface area contributed by atoms with Crippen LogP contribution in [0, 0.1) is 6.92 Å². The van der Waals surface area contributed by atoms with Crippen molar-refractivity contribution in [2.45, 2.75) is 26.4 Å². The lowest BCUT2D eigenvalue weighted by Crippen LogP contribution is -2.29. The first-order chi connectivity index (χ1) is 8.68. The lowest BCUT2D eigenvalue weighted by atomic mass is 10.3. The minimum atomic E-state index is 0.0700. The van der Waals surface area contributed by atoms with Crippen molar-refractivity contribution in [1.29, 1.82) is 0 Å². The molecule has 0 saturated heterocycles. The van der Waals surface area contributed by atoms with Gasteiger partial charge in [0.25, 0.3) is 5.56 Å². The van der Waals surface area contributed by atoms with Crippen LogP contribution in [-0.2, 0) is 6.54 Å². The molecule has 4 heteroatoms. The van der Waals surface area contributed by atoms with Crippen LogP contribution in [0.4, 0.5) is 0 Å². The van der Waals surface area contributed by atoms with Gasteiger partial charge in [0.15, 0.2) is 0 Å². The zero-order valence-electron chi connectivity index (χ0n) is 10.7. The lowest BCUT2D eigenvalue weighted by molar-refractivity contribution is 0.524. The Balaban J connectivity index is 1.91. The second kappa shape index (κ2) is 5.98. The first kappa shape index (κ1) is 13.1. The van der Waals surface area contributed by atoms with Gasteiger partial charge in [0.1, 0.15) is 0 Å². The van der Waals surface area contributed by atoms with Crippen molar-refractivity contribution in [3.63, 3.8) is 0 Å². The van der Waals surface area contributed by atoms with E-state index in [2.05, 4.69) is 29.8 Å². The lowest BCUT2D eigenvalue weighted by Gasteiger charge is -2.14. The summed E-state index contributed by atoms with van der Waals surface area (Å²) in [6.07, 6.45) is 0. The highest BCUT2D eigenvalue weighted by Gasteiger charge is 2.05. The van der Waals surface area contributed by atoms with Gasteiger partial charge >= 0.3 is 0 Å². The summed E-state index contributed by atoms with van der Waals surface area (Å²) in [4.78, 5) is 13.0. The first-order valence-electron chi connectivity index (χ1n) is 6.12. The van der Waals surface area contributed by atoms with Crippen LogP contribution >= 0.6 is 11.3 Å². The number of hydrogen-bond donors (Lipinski definition) is 1. The number of pyridine rings is 1. The molecule has 1 unspecified atom stereocenters. The van der Waals surface area contributed by atoms with Crippen molar-refractivity contribution >= 4 is 11.3 Å². The number of hydrogen-bond acceptors (Lipinski definition) is 3. The second-order valence-electron chi connectivity index (χ2n) is 4.35. The summed E-state index contributed by atoms with van der Waals surface area (Å²) in [5, 5.41) is 5.52. The fourth-order valence-corrected chi connectivity index (χ4v) is 2.70. The Morgan fingerprint density at radius 1 is 1.33 bits per heavy atom. The van der Waals surface area contributed by atoms with Gasteiger partial charge in [-0.15, -0.1) is 11.3 Å². The summed E-state index contributed by atoms with van der Waals surface area (Å²) in [7, 11) is 0. The number of aryl methyl sites for hydroxylation is 1. The minimum Gasteiger partial charge on any atom is -0.312 e. The second-order valence-corrected chi connectivity index (χ2v) is 5.33. The van der Waals surface area contributed by atoms with E-state index in [9.17, 15) is 4.79 Å². The van der Waals surface area contributed by atoms with Crippen molar-refractivity contribution in [3.8, 4) is 0 Å². The van der Waals surface area contributed by atoms with Gasteiger partial charge in [-0.25, -0.2) is 0 Å². The molecule has 0 aliphatic carbocycles. The third kappa shape index (κ3) is 3.09. The first-order valence-corrected chi connectivity index (χ1v) is 6.99. The zero-order valence-corrected chi connectivity index (χ0v) is 11.5. The zero-order chi connectivity index (χ0) is 13.0. The van der Waals surface area contributed by atoms with Crippen LogP contribution in [0.5, 0.6) is 0 Å². The predicted octanol–water partition coefficient (Wildman–Crippen LogP) is 2.57. The van der Waals surface area contributed by atoms with Gasteiger partial charge in [-0.2, -0.15) is 0 Å². The van der Waals surface area contributed by atoms with Crippen LogP contribution < -0.4 is 10.9 Å². The molecule has 2 aromatic heterocycles. The normalized spacial score (nSPS) is 12.6. The molecule has 0 fully saturated rings. The molecule has 0 aromatic carbocycles. The molecule has 0 spiro atoms. The third-order valence-corrected chi connectivity index (χ3v) is 4.08. The average molecular weight is 262 g/mol. The van der Waals surface area contributed by atoms with Crippen molar-refractivity contribution in [2.24, 2.45) is 0 Å². The molecule has 18 heavy (non-hydrogen) atoms. The molecule has 2 aromatic rings. The van der Waals surface area contributed by atoms with Gasteiger partial charge in [0, 0.05) is 35.8 Å². The third-order valence-electron chi connectivity index (χ3n) is 3.02. The molecule has 1 N–H and O–H groups in total. The van der Waals surface area contributed by atoms with Crippen molar-refractivity contribution < 1.29 is 0 Å². The van der Waals surface area contributed by atoms with Crippen LogP contribution in [0.1, 0.15) is 23.5 Å². The van der Waals surface area contributed by atoms with E-state index in [1.165, 1.54) is 4.88 Å². The molecular formula is C14H18N2OS. The Morgan fingerprint density at radius 2 is 2.17 bits per heavy atom. The van der Waals surface area contributed by atoms with Crippen LogP contribution in [0.25, 0.3) is 0 Å². The Labute approximate surface area is 111 Å². The highest BCUT2D eigenvalue weighted by Crippen LogP contribution is 2.17. The van der Waals surface area contributed by atoms with Crippen molar-refractivity contribution in [2.75, 3.05) is 6.54 Å². The van der Waals surface area contributed by atoms with E-state index in [-0.39, 0.29) is 5.56 Å². The number of rotatable bonds is 5. The highest BCUT2D eigenvalue weighted by atomic mass is 32.1. The summed E-state index contributed by atoms with van der Waals surface area (Å²) in [6, 6.07) is 9.90. The van der Waals surface area contributed by atoms with Crippen LogP contribution in [0.15, 0.2) is 40.5 Å². The largest absolute Gasteiger partial charge is 0.312 e. The van der Waals surface area contributed by atoms with Crippen LogP contribution in [0.2, 0.25) is 0 Å². The molecule has 1 atom stereocenters. The highest BCUT2D eigenvalue weighted by molar-refractivity contribution is 7.10. The van der Waals surface area contributed by atoms with E-state index in [4.69, 9.17) is 0 Å². The van der Waals surface area contributed by atoms with Gasteiger partial charge in [0.05, 0.1) is 0 Å². The van der Waals surface area contributed by atoms with E-state index >= 15 is 0 Å². The Hall–Kier alpha value is -1.39. The van der Waals surface area contributed by atoms with E-state index in [1.54, 1.807) is 28.0 Å². The quantitative estimate of drug-likeness (QED) is 0.898. The molecule has 0 saturated carbocycles. The van der Waals surface area contributed by atoms with E-state index in [0.717, 1.165) is 12.2 Å². The molecule has 0 bridgehead atoms. The van der Waals surface area contributed by atoms with E-state index < -0.39 is 0 Å². The molecule has 96 valence electrons. The number of thiophene rings is 1. The molecule has 0 amide bonds. The van der Waals surface area contributed by atoms with Gasteiger partial charge in [-0.3, -0.25) is 4.79 Å². The summed E-state index contributed by atoms with van der Waals surface area (Å²) in [5.74, 6) is 0. The fourth-order valence-electron chi connectivity index (χ4n) is 1.94. The Bertz CT molecular complexity index is 545. The predicted molar refractivity (Wildman–Crippen MR) is 76.2 cm³/mol. The summed E-state index contributed by atoms with van der Waals surface area (Å²) < 4.78 is 1.80. The van der Waals surface area contributed by atoms with Gasteiger partial charge < -0.3 is 9.88 Å². The summed E-state index contributed by atoms with van der Waals surface area (Å²) in [5.41, 5.74) is 1.08. The summed E-state index contributed by atoms with van der Waals surface area (Å²) >= 11 is 1.75. The molecule has 0 aliphatic heterocycles. The van der Waals surface area contributed by atoms with Gasteiger partial charge in [0.2, 0.25) is 0 Å². The maximum atomic E-state index is 11.7. The number of aromatic nitrogens is 1. The summed E-state index contributed by atoms with van der Waals surface area (Å²) in [6.45, 7) is 5.61. The SMILES string of the molecule is Cc1cccc(=O)n1CCNC(C)c1cccs1. The molecule has 2 rings (SSSR count). The van der Waals surface area contributed by atoms with Crippen LogP contribution in [-0.4, -0.2) is 11.1 Å². The molecule has 0 aliphatic rings. The maximum absolute atomic E-state index is 11.7. The number of nitrogens with zero attached hydrogens (tertiary/aromatic N) is 1. The molecule has 2 heterocycles. The average Bonchev–Trinajstić information content (AvgIpc) is 2.86. The van der Waals surface area contributed by atoms with Crippen molar-refractivity contribution in [3.05, 3.63) is 56.6 Å². The topological polar surface area (TPSA) is 34.0 Å². The maximum Gasteiger partial charge on any atom is 0.250 e. The van der Waals surface area contributed by atoms with Crippen molar-refractivity contribution in [1.82, 2.24) is 9.88 Å². The molecule has 3 nitrogen and oxygen atoms in total. The van der Waals surface area contributed by atoms with E-state index in [0.29, 0.717) is 12.6 Å². The Morgan fingerprint density at radius 3 is 2.83 bits per heavy atom. The van der Waals surface area contributed by atoms with E-state index in [1.807, 2.05) is 13.0 Å². The minimum absolute atomic E-state index is 0.0700. The smallest absolute Gasteiger partial charge is 0.250 e. The monoisotopic (exact) mass is 262 g/mol. The fraction of sp³-hybridized carbons (Fsp3) is 0.357. The standard InChI is InChI=1S/C14H18N2OS/c1-11-5-3-7-14(17)16(11)9-8-15-12(2)13-6-4-10-18-13/h3-7,10,12,15H,8-9H2,1-2H3.